The second kappa shape index (κ2) is 9.21. The van der Waals surface area contributed by atoms with Crippen molar-refractivity contribution in [3.8, 4) is 28.3 Å². The maximum atomic E-state index is 13.5. The number of hydrogen-bond donors (Lipinski definition) is 0. The Morgan fingerprint density at radius 3 is 2.29 bits per heavy atom. The van der Waals surface area contributed by atoms with Gasteiger partial charge in [0.15, 0.2) is 0 Å². The van der Waals surface area contributed by atoms with E-state index in [1.165, 1.54) is 17.3 Å². The zero-order valence-corrected chi connectivity index (χ0v) is 19.7. The molecule has 0 atom stereocenters. The van der Waals surface area contributed by atoms with Crippen LogP contribution in [-0.2, 0) is 6.54 Å². The van der Waals surface area contributed by atoms with Crippen molar-refractivity contribution in [2.24, 2.45) is 0 Å². The first-order chi connectivity index (χ1) is 16.5. The van der Waals surface area contributed by atoms with E-state index in [4.69, 9.17) is 16.6 Å². The van der Waals surface area contributed by atoms with Crippen molar-refractivity contribution >= 4 is 22.5 Å². The lowest BCUT2D eigenvalue weighted by atomic mass is 9.98. The fourth-order valence-corrected chi connectivity index (χ4v) is 4.23. The van der Waals surface area contributed by atoms with Gasteiger partial charge in [-0.15, -0.1) is 0 Å². The summed E-state index contributed by atoms with van der Waals surface area (Å²) in [5, 5.41) is 1.05. The second-order valence-corrected chi connectivity index (χ2v) is 8.84. The van der Waals surface area contributed by atoms with Gasteiger partial charge in [0.2, 0.25) is 0 Å². The van der Waals surface area contributed by atoms with E-state index in [9.17, 15) is 4.79 Å². The molecule has 0 spiro atoms. The number of fused-ring (bicyclic) bond motifs is 1. The molecule has 0 saturated carbocycles. The summed E-state index contributed by atoms with van der Waals surface area (Å²) in [5.41, 5.74) is 4.86. The molecule has 2 aromatic heterocycles. The molecule has 0 amide bonds. The van der Waals surface area contributed by atoms with E-state index in [2.05, 4.69) is 60.4 Å². The van der Waals surface area contributed by atoms with Crippen LogP contribution in [0.1, 0.15) is 5.56 Å². The highest BCUT2D eigenvalue weighted by Gasteiger charge is 2.16. The van der Waals surface area contributed by atoms with E-state index in [0.717, 1.165) is 17.7 Å². The minimum Gasteiger partial charge on any atom is -0.305 e. The van der Waals surface area contributed by atoms with Crippen molar-refractivity contribution < 1.29 is 0 Å². The van der Waals surface area contributed by atoms with Crippen LogP contribution < -0.4 is 5.56 Å². The monoisotopic (exact) mass is 466 g/mol. The van der Waals surface area contributed by atoms with Crippen LogP contribution in [0.5, 0.6) is 0 Å². The Morgan fingerprint density at radius 1 is 0.853 bits per heavy atom. The van der Waals surface area contributed by atoms with Crippen LogP contribution >= 0.6 is 11.6 Å². The summed E-state index contributed by atoms with van der Waals surface area (Å²) >= 11 is 6.04. The molecule has 0 fully saturated rings. The minimum absolute atomic E-state index is 0.171. The van der Waals surface area contributed by atoms with Gasteiger partial charge in [0, 0.05) is 18.3 Å². The molecule has 0 radical (unpaired) electrons. The molecular weight excluding hydrogens is 444 g/mol. The zero-order valence-electron chi connectivity index (χ0n) is 18.9. The fourth-order valence-electron chi connectivity index (χ4n) is 4.12. The van der Waals surface area contributed by atoms with Gasteiger partial charge >= 0.3 is 0 Å². The number of aromatic nitrogens is 3. The average Bonchev–Trinajstić information content (AvgIpc) is 2.85. The number of nitrogens with zero attached hydrogens (tertiary/aromatic N) is 4. The van der Waals surface area contributed by atoms with Crippen molar-refractivity contribution in [3.05, 3.63) is 112 Å². The molecule has 5 rings (SSSR count). The molecule has 168 valence electrons. The SMILES string of the molecule is CN(C)Cc1ccccc1-c1ccc(-c2nc3ccccc3c(=O)n2-c2ccc(Cl)cn2)cc1. The van der Waals surface area contributed by atoms with E-state index >= 15 is 0 Å². The Bertz CT molecular complexity index is 1520. The molecular formula is C28H23ClN4O. The Kier molecular flexibility index (Phi) is 5.97. The number of halogens is 1. The third kappa shape index (κ3) is 4.23. The Labute approximate surface area is 202 Å². The third-order valence-electron chi connectivity index (χ3n) is 5.67. The van der Waals surface area contributed by atoms with E-state index in [1.54, 1.807) is 22.8 Å². The molecule has 2 heterocycles. The summed E-state index contributed by atoms with van der Waals surface area (Å²) in [6.07, 6.45) is 1.53. The van der Waals surface area contributed by atoms with Crippen molar-refractivity contribution in [3.63, 3.8) is 0 Å². The number of hydrogen-bond acceptors (Lipinski definition) is 4. The third-order valence-corrected chi connectivity index (χ3v) is 5.90. The van der Waals surface area contributed by atoms with Gasteiger partial charge in [-0.05, 0) is 55.1 Å². The van der Waals surface area contributed by atoms with E-state index < -0.39 is 0 Å². The van der Waals surface area contributed by atoms with Crippen LogP contribution in [-0.4, -0.2) is 33.5 Å². The highest BCUT2D eigenvalue weighted by atomic mass is 35.5. The predicted molar refractivity (Wildman–Crippen MR) is 138 cm³/mol. The molecule has 6 heteroatoms. The van der Waals surface area contributed by atoms with Crippen molar-refractivity contribution in [1.82, 2.24) is 19.4 Å². The van der Waals surface area contributed by atoms with Gasteiger partial charge in [0.05, 0.1) is 15.9 Å². The van der Waals surface area contributed by atoms with Crippen molar-refractivity contribution in [1.29, 1.82) is 0 Å². The van der Waals surface area contributed by atoms with Crippen LogP contribution in [0.2, 0.25) is 5.02 Å². The molecule has 0 aliphatic carbocycles. The normalized spacial score (nSPS) is 11.3. The van der Waals surface area contributed by atoms with Gasteiger partial charge in [0.25, 0.3) is 5.56 Å². The molecule has 34 heavy (non-hydrogen) atoms. The van der Waals surface area contributed by atoms with Gasteiger partial charge in [-0.3, -0.25) is 4.79 Å². The maximum Gasteiger partial charge on any atom is 0.267 e. The molecule has 0 aliphatic rings. The number of para-hydroxylation sites is 1. The van der Waals surface area contributed by atoms with Gasteiger partial charge < -0.3 is 4.90 Å². The Balaban J connectivity index is 1.66. The predicted octanol–water partition coefficient (Wildman–Crippen LogP) is 5.83. The minimum atomic E-state index is -0.171. The first-order valence-corrected chi connectivity index (χ1v) is 11.4. The maximum absolute atomic E-state index is 13.5. The number of pyridine rings is 1. The number of benzene rings is 3. The fraction of sp³-hybridized carbons (Fsp3) is 0.107. The van der Waals surface area contributed by atoms with Crippen LogP contribution in [0.3, 0.4) is 0 Å². The van der Waals surface area contributed by atoms with Gasteiger partial charge in [-0.2, -0.15) is 0 Å². The van der Waals surface area contributed by atoms with Crippen LogP contribution in [0.25, 0.3) is 39.2 Å². The summed E-state index contributed by atoms with van der Waals surface area (Å²) in [7, 11) is 4.13. The topological polar surface area (TPSA) is 51.0 Å². The molecule has 0 aliphatic heterocycles. The first kappa shape index (κ1) is 22.0. The summed E-state index contributed by atoms with van der Waals surface area (Å²) in [4.78, 5) is 24.9. The Hall–Kier alpha value is -3.80. The number of rotatable bonds is 5. The lowest BCUT2D eigenvalue weighted by Crippen LogP contribution is -2.22. The van der Waals surface area contributed by atoms with Crippen molar-refractivity contribution in [2.45, 2.75) is 6.54 Å². The van der Waals surface area contributed by atoms with Crippen LogP contribution in [0.15, 0.2) is 95.9 Å². The zero-order chi connectivity index (χ0) is 23.7. The standard InChI is InChI=1S/C28H23ClN4O/c1-32(2)18-21-7-3-4-8-23(21)19-11-13-20(14-12-19)27-31-25-10-6-5-9-24(25)28(34)33(27)26-16-15-22(29)17-30-26/h3-17H,18H2,1-2H3. The molecule has 5 aromatic rings. The van der Waals surface area contributed by atoms with Crippen LogP contribution in [0, 0.1) is 0 Å². The summed E-state index contributed by atoms with van der Waals surface area (Å²) in [6.45, 7) is 0.853. The van der Waals surface area contributed by atoms with E-state index in [-0.39, 0.29) is 5.56 Å². The molecule has 3 aromatic carbocycles. The molecule has 0 saturated heterocycles. The van der Waals surface area contributed by atoms with Gasteiger partial charge in [0.1, 0.15) is 11.6 Å². The smallest absolute Gasteiger partial charge is 0.267 e. The van der Waals surface area contributed by atoms with E-state index in [1.807, 2.05) is 30.3 Å². The lowest BCUT2D eigenvalue weighted by Gasteiger charge is -2.16. The van der Waals surface area contributed by atoms with Crippen LogP contribution in [0.4, 0.5) is 0 Å². The summed E-state index contributed by atoms with van der Waals surface area (Å²) in [5.74, 6) is 1.01. The average molecular weight is 467 g/mol. The van der Waals surface area contributed by atoms with Gasteiger partial charge in [-0.1, -0.05) is 72.3 Å². The molecule has 5 nitrogen and oxygen atoms in total. The largest absolute Gasteiger partial charge is 0.305 e. The van der Waals surface area contributed by atoms with Crippen molar-refractivity contribution in [2.75, 3.05) is 14.1 Å². The van der Waals surface area contributed by atoms with Gasteiger partial charge in [-0.25, -0.2) is 14.5 Å². The quantitative estimate of drug-likeness (QED) is 0.327. The van der Waals surface area contributed by atoms with E-state index in [0.29, 0.717) is 27.6 Å². The highest BCUT2D eigenvalue weighted by Crippen LogP contribution is 2.28. The first-order valence-electron chi connectivity index (χ1n) is 11.0. The molecule has 0 bridgehead atoms. The summed E-state index contributed by atoms with van der Waals surface area (Å²) in [6, 6.07) is 27.4. The second-order valence-electron chi connectivity index (χ2n) is 8.40. The molecule has 0 N–H and O–H groups in total. The lowest BCUT2D eigenvalue weighted by molar-refractivity contribution is 0.403. The molecule has 0 unspecified atom stereocenters. The highest BCUT2D eigenvalue weighted by molar-refractivity contribution is 6.30. The summed E-state index contributed by atoms with van der Waals surface area (Å²) < 4.78 is 1.55. The Morgan fingerprint density at radius 2 is 1.56 bits per heavy atom.